The zero-order valence-electron chi connectivity index (χ0n) is 9.63. The van der Waals surface area contributed by atoms with Crippen LogP contribution in [0.3, 0.4) is 0 Å². The normalized spacial score (nSPS) is 17.3. The summed E-state index contributed by atoms with van der Waals surface area (Å²) in [6.07, 6.45) is -4.12. The molecule has 1 saturated carbocycles. The van der Waals surface area contributed by atoms with Crippen LogP contribution in [-0.4, -0.2) is 16.6 Å². The molecule has 1 fully saturated rings. The fourth-order valence-corrected chi connectivity index (χ4v) is 2.25. The number of nitrogens with zero attached hydrogens (tertiary/aromatic N) is 1. The van der Waals surface area contributed by atoms with E-state index in [0.29, 0.717) is 10.0 Å². The molecular weight excluding hydrogens is 329 g/mol. The Morgan fingerprint density at radius 3 is 2.47 bits per heavy atom. The van der Waals surface area contributed by atoms with Gasteiger partial charge in [-0.2, -0.15) is 13.2 Å². The van der Waals surface area contributed by atoms with Crippen molar-refractivity contribution >= 4 is 21.6 Å². The molecule has 0 unspecified atom stereocenters. The second-order valence-corrected chi connectivity index (χ2v) is 5.32. The van der Waals surface area contributed by atoms with Crippen LogP contribution in [0.1, 0.15) is 18.4 Å². The van der Waals surface area contributed by atoms with Gasteiger partial charge in [0.15, 0.2) is 0 Å². The molecule has 1 aromatic carbocycles. The van der Waals surface area contributed by atoms with Crippen molar-refractivity contribution in [1.82, 2.24) is 5.32 Å². The Labute approximate surface area is 115 Å². The van der Waals surface area contributed by atoms with Crippen LogP contribution < -0.4 is 5.32 Å². The van der Waals surface area contributed by atoms with Gasteiger partial charge in [-0.25, -0.2) is 0 Å². The van der Waals surface area contributed by atoms with Gasteiger partial charge in [0, 0.05) is 23.2 Å². The van der Waals surface area contributed by atoms with Gasteiger partial charge in [-0.3, -0.25) is 15.4 Å². The molecule has 0 aliphatic heterocycles. The van der Waals surface area contributed by atoms with Crippen LogP contribution in [0.5, 0.6) is 0 Å². The molecular formula is C11H10BrF3N2O2. The molecule has 1 aromatic rings. The molecule has 1 aliphatic carbocycles. The number of non-ortho nitro benzene ring substituents is 1. The lowest BCUT2D eigenvalue weighted by molar-refractivity contribution is -0.384. The molecule has 104 valence electrons. The van der Waals surface area contributed by atoms with Crippen LogP contribution >= 0.6 is 15.9 Å². The maximum atomic E-state index is 12.7. The highest BCUT2D eigenvalue weighted by atomic mass is 79.9. The highest BCUT2D eigenvalue weighted by Gasteiger charge is 2.62. The second kappa shape index (κ2) is 4.75. The Kier molecular flexibility index (Phi) is 3.57. The van der Waals surface area contributed by atoms with Gasteiger partial charge in [0.25, 0.3) is 5.69 Å². The molecule has 0 spiro atoms. The number of halogens is 4. The summed E-state index contributed by atoms with van der Waals surface area (Å²) in [7, 11) is 0. The van der Waals surface area contributed by atoms with E-state index in [2.05, 4.69) is 21.2 Å². The predicted octanol–water partition coefficient (Wildman–Crippen LogP) is 3.54. The molecule has 0 saturated heterocycles. The Bertz CT molecular complexity index is 515. The largest absolute Gasteiger partial charge is 0.406 e. The van der Waals surface area contributed by atoms with Crippen molar-refractivity contribution in [3.05, 3.63) is 38.3 Å². The van der Waals surface area contributed by atoms with Crippen LogP contribution in [0.25, 0.3) is 0 Å². The summed E-state index contributed by atoms with van der Waals surface area (Å²) in [4.78, 5) is 9.99. The van der Waals surface area contributed by atoms with Crippen LogP contribution in [0.15, 0.2) is 22.7 Å². The standard InChI is InChI=1S/C11H10BrF3N2O2/c12-9-5-8(17(18)19)2-1-7(9)6-16-10(3-4-10)11(13,14)15/h1-2,5,16H,3-4,6H2. The lowest BCUT2D eigenvalue weighted by Gasteiger charge is -2.21. The monoisotopic (exact) mass is 338 g/mol. The molecule has 4 nitrogen and oxygen atoms in total. The summed E-state index contributed by atoms with van der Waals surface area (Å²) in [5.41, 5.74) is -1.33. The molecule has 0 atom stereocenters. The topological polar surface area (TPSA) is 55.2 Å². The third-order valence-corrected chi connectivity index (χ3v) is 3.90. The van der Waals surface area contributed by atoms with Gasteiger partial charge in [-0.1, -0.05) is 15.9 Å². The van der Waals surface area contributed by atoms with E-state index in [-0.39, 0.29) is 25.1 Å². The van der Waals surface area contributed by atoms with Crippen LogP contribution in [0.4, 0.5) is 18.9 Å². The van der Waals surface area contributed by atoms with E-state index >= 15 is 0 Å². The number of hydrogen-bond donors (Lipinski definition) is 1. The van der Waals surface area contributed by atoms with E-state index in [1.165, 1.54) is 18.2 Å². The van der Waals surface area contributed by atoms with E-state index in [1.54, 1.807) is 0 Å². The summed E-state index contributed by atoms with van der Waals surface area (Å²) < 4.78 is 38.5. The van der Waals surface area contributed by atoms with Crippen molar-refractivity contribution in [1.29, 1.82) is 0 Å². The lowest BCUT2D eigenvalue weighted by atomic mass is 10.2. The number of alkyl halides is 3. The summed E-state index contributed by atoms with van der Waals surface area (Å²) in [5.74, 6) is 0. The number of rotatable bonds is 4. The van der Waals surface area contributed by atoms with Crippen LogP contribution in [0, 0.1) is 10.1 Å². The first-order valence-corrected chi connectivity index (χ1v) is 6.29. The van der Waals surface area contributed by atoms with E-state index in [1.807, 2.05) is 0 Å². The summed E-state index contributed by atoms with van der Waals surface area (Å²) >= 11 is 3.13. The molecule has 0 radical (unpaired) electrons. The second-order valence-electron chi connectivity index (χ2n) is 4.47. The predicted molar refractivity (Wildman–Crippen MR) is 65.7 cm³/mol. The van der Waals surface area contributed by atoms with Crippen molar-refractivity contribution in [3.63, 3.8) is 0 Å². The zero-order chi connectivity index (χ0) is 14.3. The average Bonchev–Trinajstić information content (AvgIpc) is 3.07. The first kappa shape index (κ1) is 14.3. The molecule has 8 heteroatoms. The summed E-state index contributed by atoms with van der Waals surface area (Å²) in [5, 5.41) is 13.0. The zero-order valence-corrected chi connectivity index (χ0v) is 11.2. The van der Waals surface area contributed by atoms with Crippen molar-refractivity contribution in [3.8, 4) is 0 Å². The Morgan fingerprint density at radius 2 is 2.05 bits per heavy atom. The Hall–Kier alpha value is -1.15. The maximum Gasteiger partial charge on any atom is 0.406 e. The number of hydrogen-bond acceptors (Lipinski definition) is 3. The first-order valence-electron chi connectivity index (χ1n) is 5.50. The van der Waals surface area contributed by atoms with Crippen molar-refractivity contribution in [2.75, 3.05) is 0 Å². The van der Waals surface area contributed by atoms with E-state index in [9.17, 15) is 23.3 Å². The number of nitro groups is 1. The van der Waals surface area contributed by atoms with Gasteiger partial charge >= 0.3 is 6.18 Å². The van der Waals surface area contributed by atoms with Gasteiger partial charge in [0.05, 0.1) is 4.92 Å². The third-order valence-electron chi connectivity index (χ3n) is 3.16. The minimum Gasteiger partial charge on any atom is -0.299 e. The number of nitro benzene ring substituents is 1. The molecule has 19 heavy (non-hydrogen) atoms. The van der Waals surface area contributed by atoms with Gasteiger partial charge in [-0.15, -0.1) is 0 Å². The molecule has 0 aromatic heterocycles. The van der Waals surface area contributed by atoms with E-state index < -0.39 is 16.6 Å². The van der Waals surface area contributed by atoms with Crippen molar-refractivity contribution in [2.24, 2.45) is 0 Å². The highest BCUT2D eigenvalue weighted by Crippen LogP contribution is 2.49. The molecule has 2 rings (SSSR count). The number of nitrogens with one attached hydrogen (secondary N) is 1. The SMILES string of the molecule is O=[N+]([O-])c1ccc(CNC2(C(F)(F)F)CC2)c(Br)c1. The van der Waals surface area contributed by atoms with Gasteiger partial charge in [0.1, 0.15) is 5.54 Å². The van der Waals surface area contributed by atoms with Gasteiger partial charge in [-0.05, 0) is 24.5 Å². The van der Waals surface area contributed by atoms with Crippen LogP contribution in [0.2, 0.25) is 0 Å². The Balaban J connectivity index is 2.07. The summed E-state index contributed by atoms with van der Waals surface area (Å²) in [6.45, 7) is 0.0120. The smallest absolute Gasteiger partial charge is 0.299 e. The summed E-state index contributed by atoms with van der Waals surface area (Å²) in [6, 6.07) is 4.00. The van der Waals surface area contributed by atoms with Crippen molar-refractivity contribution < 1.29 is 18.1 Å². The molecule has 0 heterocycles. The molecule has 1 aliphatic rings. The maximum absolute atomic E-state index is 12.7. The van der Waals surface area contributed by atoms with Gasteiger partial charge in [0.2, 0.25) is 0 Å². The minimum atomic E-state index is -4.26. The Morgan fingerprint density at radius 1 is 1.42 bits per heavy atom. The van der Waals surface area contributed by atoms with Gasteiger partial charge < -0.3 is 0 Å². The molecule has 1 N–H and O–H groups in total. The van der Waals surface area contributed by atoms with E-state index in [0.717, 1.165) is 0 Å². The first-order chi connectivity index (χ1) is 8.75. The van der Waals surface area contributed by atoms with Crippen molar-refractivity contribution in [2.45, 2.75) is 31.1 Å². The molecule has 0 amide bonds. The average molecular weight is 339 g/mol. The molecule has 0 bridgehead atoms. The minimum absolute atomic E-state index is 0.0120. The van der Waals surface area contributed by atoms with Crippen LogP contribution in [-0.2, 0) is 6.54 Å². The fraction of sp³-hybridized carbons (Fsp3) is 0.455. The quantitative estimate of drug-likeness (QED) is 0.674. The number of benzene rings is 1. The van der Waals surface area contributed by atoms with E-state index in [4.69, 9.17) is 0 Å². The lowest BCUT2D eigenvalue weighted by Crippen LogP contribution is -2.44. The third kappa shape index (κ3) is 2.89. The fourth-order valence-electron chi connectivity index (χ4n) is 1.74. The highest BCUT2D eigenvalue weighted by molar-refractivity contribution is 9.10.